The lowest BCUT2D eigenvalue weighted by Gasteiger charge is -2.51. The van der Waals surface area contributed by atoms with Crippen LogP contribution in [0.4, 0.5) is 4.79 Å². The van der Waals surface area contributed by atoms with Crippen LogP contribution in [0.3, 0.4) is 0 Å². The molecule has 66 heteroatoms. The van der Waals surface area contributed by atoms with Gasteiger partial charge in [0, 0.05) is 113 Å². The van der Waals surface area contributed by atoms with Gasteiger partial charge in [-0.25, -0.2) is 39.5 Å². The molecule has 138 heavy (non-hydrogen) atoms. The molecule has 0 aromatic heterocycles. The first-order chi connectivity index (χ1) is 65.1. The van der Waals surface area contributed by atoms with E-state index in [1.807, 2.05) is 18.7 Å². The first-order valence-corrected chi connectivity index (χ1v) is 51.8. The molecule has 7 fully saturated rings. The van der Waals surface area contributed by atoms with Crippen molar-refractivity contribution >= 4 is 110 Å². The zero-order chi connectivity index (χ0) is 102. The van der Waals surface area contributed by atoms with Crippen LogP contribution in [0.1, 0.15) is 71.1 Å². The van der Waals surface area contributed by atoms with Gasteiger partial charge in [-0.3, -0.25) is 41.7 Å². The smallest absolute Gasteiger partial charge is 0.397 e. The van der Waals surface area contributed by atoms with Crippen molar-refractivity contribution < 1.29 is 256 Å². The molecule has 0 spiro atoms. The van der Waals surface area contributed by atoms with Gasteiger partial charge in [-0.1, -0.05) is 12.8 Å². The van der Waals surface area contributed by atoms with Crippen LogP contribution >= 0.6 is 11.8 Å². The second-order valence-electron chi connectivity index (χ2n) is 31.1. The number of rotatable bonds is 69. The summed E-state index contributed by atoms with van der Waals surface area (Å²) in [6, 6.07) is 0.0626. The lowest BCUT2D eigenvalue weighted by atomic mass is 9.90. The Morgan fingerprint density at radius 1 is 0.413 bits per heavy atom. The van der Waals surface area contributed by atoms with E-state index in [9.17, 15) is 117 Å². The Morgan fingerprint density at radius 3 is 1.27 bits per heavy atom. The molecule has 7 aliphatic rings. The number of Topliss-reactive ketones (excluding diaryl/α,β-unsaturated/α-hetero) is 2. The highest BCUT2D eigenvalue weighted by molar-refractivity contribution is 8.00. The van der Waals surface area contributed by atoms with E-state index in [1.165, 1.54) is 0 Å². The maximum absolute atomic E-state index is 13.6. The summed E-state index contributed by atoms with van der Waals surface area (Å²) in [5.74, 6) is -4.40. The van der Waals surface area contributed by atoms with Crippen LogP contribution in [0.5, 0.6) is 0 Å². The quantitative estimate of drug-likeness (QED) is 0.0155. The molecule has 0 bridgehead atoms. The van der Waals surface area contributed by atoms with Crippen molar-refractivity contribution in [3.05, 3.63) is 0 Å². The first-order valence-electron chi connectivity index (χ1n) is 42.6. The van der Waals surface area contributed by atoms with Crippen LogP contribution in [0, 0.1) is 5.92 Å². The fourth-order valence-electron chi connectivity index (χ4n) is 16.0. The van der Waals surface area contributed by atoms with Gasteiger partial charge in [0.15, 0.2) is 61.6 Å². The van der Waals surface area contributed by atoms with Gasteiger partial charge in [0.25, 0.3) is 0 Å². The van der Waals surface area contributed by atoms with E-state index in [0.29, 0.717) is 70.1 Å². The zero-order valence-electron chi connectivity index (χ0n) is 76.1. The first kappa shape index (κ1) is 121. The molecule has 0 saturated carbocycles. The van der Waals surface area contributed by atoms with Crippen LogP contribution < -0.4 is 16.0 Å². The molecule has 804 valence electrons. The predicted octanol–water partition coefficient (Wildman–Crippen LogP) is -4.46. The molecular weight excluding hydrogens is 2030 g/mol. The molecule has 0 aromatic carbocycles. The lowest BCUT2D eigenvalue weighted by molar-refractivity contribution is -0.389. The molecule has 3 amide bonds. The summed E-state index contributed by atoms with van der Waals surface area (Å²) in [5, 5.41) is 31.0. The molecule has 29 atom stereocenters. The molecule has 0 unspecified atom stereocenters. The summed E-state index contributed by atoms with van der Waals surface area (Å²) >= 11 is 1.81. The minimum Gasteiger partial charge on any atom is -0.479 e. The third-order valence-electron chi connectivity index (χ3n) is 21.9. The van der Waals surface area contributed by atoms with Crippen molar-refractivity contribution in [2.75, 3.05) is 175 Å². The summed E-state index contributed by atoms with van der Waals surface area (Å²) in [4.78, 5) is 78.2. The van der Waals surface area contributed by atoms with E-state index in [1.54, 1.807) is 0 Å². The van der Waals surface area contributed by atoms with Gasteiger partial charge in [0.1, 0.15) is 110 Å². The number of urea groups is 1. The third kappa shape index (κ3) is 39.4. The van der Waals surface area contributed by atoms with E-state index in [-0.39, 0.29) is 114 Å². The molecule has 59 nitrogen and oxygen atoms in total. The van der Waals surface area contributed by atoms with Crippen molar-refractivity contribution in [1.29, 1.82) is 0 Å². The number of nitrogens with one attached hydrogen (secondary N) is 3. The van der Waals surface area contributed by atoms with E-state index in [4.69, 9.17) is 130 Å². The van der Waals surface area contributed by atoms with Crippen molar-refractivity contribution in [2.24, 2.45) is 5.92 Å². The summed E-state index contributed by atoms with van der Waals surface area (Å²) in [5.41, 5.74) is 0. The summed E-state index contributed by atoms with van der Waals surface area (Å²) < 4.78 is 375. The number of carboxylic acid groups (broad SMARTS) is 2. The Kier molecular flexibility index (Phi) is 50.9. The third-order valence-corrected chi connectivity index (χ3v) is 26.1. The number of unbranched alkanes of at least 4 members (excludes halogenated alkanes) is 2. The minimum atomic E-state index is -6.21. The molecular formula is C72H123N3O56S7. The van der Waals surface area contributed by atoms with Crippen LogP contribution in [-0.4, -0.2) is 469 Å². The van der Waals surface area contributed by atoms with Gasteiger partial charge in [-0.05, 0) is 39.0 Å². The van der Waals surface area contributed by atoms with Crippen molar-refractivity contribution in [1.82, 2.24) is 16.0 Å². The SMILES string of the molecule is CCOCCOCCOCC(=O)C[C@@H](CCCCNC(=O)CCCC[C@@H]1SC[C@@H]2NC(=O)N[C@@H]21)C(=O)CCCOCCOCCOCCO[C@H]1[C@H](OC)[C@@H](OC)[C@@H](O[C@H]2[C@H](OC)[C@@H](OC)[C@H](O[C@H]3[C@H](OS(=O)(=O)O)[C@@H](OS(=O)(=O)O)[C@@H](O[C@H]4[C@H](OC)[C@@H](OC)[C@H](O[C@H]5[C@H](OC)[C@@H](OS(=O)(=O)O)[C@@H](OC)O[C@@H]5COS(=O)(=O)O)O[C@H]4C(=O)O)O[C@@H]3COS(=O)(=O)O)O[C@@H]2C(=O)O)O[C@@H]1COS(=O)(=O)O. The number of thioether (sulfide) groups is 1. The molecule has 11 N–H and O–H groups in total. The zero-order valence-corrected chi connectivity index (χ0v) is 81.8. The van der Waals surface area contributed by atoms with E-state index in [2.05, 4.69) is 24.3 Å². The predicted molar refractivity (Wildman–Crippen MR) is 451 cm³/mol. The number of methoxy groups -OCH3 is 8. The largest absolute Gasteiger partial charge is 0.479 e. The van der Waals surface area contributed by atoms with Crippen LogP contribution in [-0.2, 0) is 225 Å². The number of ether oxygens (including phenoxy) is 24. The molecule has 7 rings (SSSR count). The Bertz CT molecular complexity index is 4460. The van der Waals surface area contributed by atoms with Gasteiger partial charge in [-0.2, -0.15) is 62.3 Å². The Labute approximate surface area is 799 Å². The normalized spacial score (nSPS) is 31.9. The number of hydrogen-bond donors (Lipinski definition) is 11. The van der Waals surface area contributed by atoms with Crippen molar-refractivity contribution in [2.45, 2.75) is 242 Å². The fraction of sp³-hybridized carbons (Fsp3) is 0.917. The highest BCUT2D eigenvalue weighted by atomic mass is 32.3. The summed E-state index contributed by atoms with van der Waals surface area (Å²) in [6.07, 6.45) is -51.3. The molecule has 7 heterocycles. The van der Waals surface area contributed by atoms with Crippen molar-refractivity contribution in [3.63, 3.8) is 0 Å². The highest BCUT2D eigenvalue weighted by Gasteiger charge is 2.63. The van der Waals surface area contributed by atoms with E-state index >= 15 is 0 Å². The minimum absolute atomic E-state index is 0.0181. The molecule has 0 aliphatic carbocycles. The number of hydrogen-bond acceptors (Lipinski definition) is 49. The number of carbonyl (C=O) groups excluding carboxylic acids is 4. The number of amides is 3. The highest BCUT2D eigenvalue weighted by Crippen LogP contribution is 2.42. The summed E-state index contributed by atoms with van der Waals surface area (Å²) in [7, 11) is -27.0. The van der Waals surface area contributed by atoms with Gasteiger partial charge in [-0.15, -0.1) is 0 Å². The number of carboxylic acids is 2. The maximum atomic E-state index is 13.6. The van der Waals surface area contributed by atoms with Crippen LogP contribution in [0.15, 0.2) is 0 Å². The Balaban J connectivity index is 0.986. The van der Waals surface area contributed by atoms with E-state index in [0.717, 1.165) is 75.5 Å². The van der Waals surface area contributed by atoms with Crippen molar-refractivity contribution in [3.8, 4) is 0 Å². The summed E-state index contributed by atoms with van der Waals surface area (Å²) in [6.45, 7) is -0.531. The molecule has 0 radical (unpaired) electrons. The maximum Gasteiger partial charge on any atom is 0.397 e. The van der Waals surface area contributed by atoms with E-state index < -0.39 is 254 Å². The van der Waals surface area contributed by atoms with Crippen LogP contribution in [0.2, 0.25) is 0 Å². The topological polar surface area (TPSA) is 782 Å². The second kappa shape index (κ2) is 58.2. The number of carbonyl (C=O) groups is 6. The molecule has 7 aliphatic heterocycles. The van der Waals surface area contributed by atoms with Gasteiger partial charge in [0.05, 0.1) is 98.0 Å². The molecule has 7 saturated heterocycles. The average Bonchev–Trinajstić information content (AvgIpc) is 0.765. The number of ketones is 2. The van der Waals surface area contributed by atoms with Crippen LogP contribution in [0.25, 0.3) is 0 Å². The monoisotopic (exact) mass is 2150 g/mol. The molecule has 0 aromatic rings. The van der Waals surface area contributed by atoms with Gasteiger partial charge in [0.2, 0.25) is 5.91 Å². The Hall–Kier alpha value is -4.37. The second-order valence-corrected chi connectivity index (χ2v) is 38.7. The number of fused-ring (bicyclic) bond motifs is 1. The average molecular weight is 2150 g/mol. The Morgan fingerprint density at radius 2 is 0.812 bits per heavy atom. The fourth-order valence-corrected chi connectivity index (χ4v) is 19.9. The standard InChI is InChI=1S/C72H123N3O56S7/c1-10-110-22-23-112-28-29-115-33-39(76)32-38(16-13-14-20-73-46(78)19-12-11-18-45-47-40(37-132-45)74-72(83)75-47)41(77)17-15-21-111-24-25-113-26-27-114-30-31-116-48-42(34-117-133(84,85)86)121-68(60(106-6)51(48)102-2)125-55-53(104-4)62(108-8)70(128-58(55)65(79)80)124-50-44(36-119-135(90,91)92)122-71(64(131-138(99,100)101)57(50)129-136(93,94)95)126-56-54(105-5)61(107-7)69(127-59(56)66(81)82)123-49-43(35-118-134(87,88)89)120-67(109-9)63(52(49)103-3)130-137(96,97)98/h38,40,42-45,47-64,67-71H,10-37H2,1-9H3,(H,73,78)(H,79,80)(H,81,82)(H2,74,75,83)(H,84,85,86)(H,87,88,89)(H,90,91,92)(H,93,94,95)(H,96,97,98)(H,99,100,101)/t38-,40+,42-,43-,44-,45+,47+,48-,49-,50-,51+,52+,53+,54+,55+,56+,57+,58+,59-,60-,61-,62-,63-,64-,67+,68-,69-,70-,71-/m1/s1. The number of aliphatic carboxylic acids is 2. The lowest BCUT2D eigenvalue weighted by Crippen LogP contribution is -2.70. The van der Waals surface area contributed by atoms with Gasteiger partial charge >= 0.3 is 80.4 Å². The van der Waals surface area contributed by atoms with Gasteiger partial charge < -0.3 is 140 Å².